The largest absolute Gasteiger partial charge is 0.508 e. The molecular weight excluding hydrogens is 291 g/mol. The third-order valence-electron chi connectivity index (χ3n) is 3.72. The number of hydrogen-bond donors (Lipinski definition) is 4. The number of phenolic OH excluding ortho intramolecular Hbond substituents is 3. The lowest BCUT2D eigenvalue weighted by Gasteiger charge is -2.18. The maximum Gasteiger partial charge on any atom is 0.256 e. The van der Waals surface area contributed by atoms with Crippen LogP contribution in [0.5, 0.6) is 17.2 Å². The van der Waals surface area contributed by atoms with Gasteiger partial charge >= 0.3 is 0 Å². The van der Waals surface area contributed by atoms with Crippen molar-refractivity contribution in [2.24, 2.45) is 0 Å². The summed E-state index contributed by atoms with van der Waals surface area (Å²) in [5.41, 5.74) is 1.70. The number of benzene rings is 2. The zero-order valence-corrected chi connectivity index (χ0v) is 12.8. The van der Waals surface area contributed by atoms with Gasteiger partial charge in [0, 0.05) is 32.3 Å². The van der Waals surface area contributed by atoms with Crippen LogP contribution in [-0.2, 0) is 0 Å². The molecule has 112 valence electrons. The van der Waals surface area contributed by atoms with Gasteiger partial charge in [-0.15, -0.1) is 0 Å². The van der Waals surface area contributed by atoms with Crippen LogP contribution in [0.4, 0.5) is 5.69 Å². The van der Waals surface area contributed by atoms with Crippen molar-refractivity contribution in [3.05, 3.63) is 41.0 Å². The highest BCUT2D eigenvalue weighted by Crippen LogP contribution is 2.31. The fourth-order valence-electron chi connectivity index (χ4n) is 2.38. The number of carbonyl (C=O) groups excluding carboxylic acids is 1. The van der Waals surface area contributed by atoms with Crippen molar-refractivity contribution >= 4 is 39.0 Å². The number of nitrogens with one attached hydrogen (secondary N) is 1. The molecule has 2 aromatic carbocycles. The smallest absolute Gasteiger partial charge is 0.256 e. The first-order valence-electron chi connectivity index (χ1n) is 6.90. The van der Waals surface area contributed by atoms with Gasteiger partial charge in [0.05, 0.1) is 6.49 Å². The first kappa shape index (κ1) is 16.9. The summed E-state index contributed by atoms with van der Waals surface area (Å²) >= 11 is 0. The molecule has 2 rings (SSSR count). The van der Waals surface area contributed by atoms with Crippen molar-refractivity contribution in [1.29, 1.82) is 0 Å². The molecule has 0 aliphatic carbocycles. The van der Waals surface area contributed by atoms with Crippen LogP contribution in [0.3, 0.4) is 0 Å². The molecule has 0 atom stereocenters. The Morgan fingerprint density at radius 3 is 2.22 bits per heavy atom. The topological polar surface area (TPSA) is 89.8 Å². The van der Waals surface area contributed by atoms with Gasteiger partial charge in [-0.1, -0.05) is 5.46 Å². The van der Waals surface area contributed by atoms with Crippen molar-refractivity contribution in [3.8, 4) is 17.2 Å². The van der Waals surface area contributed by atoms with Crippen LogP contribution in [0.25, 0.3) is 0 Å². The van der Waals surface area contributed by atoms with Gasteiger partial charge in [0.2, 0.25) is 0 Å². The zero-order valence-electron chi connectivity index (χ0n) is 12.8. The van der Waals surface area contributed by atoms with Crippen molar-refractivity contribution < 1.29 is 20.1 Å². The SMILES string of the molecule is [B]B([B])c1c(NC(=O)c2ccc(O)c(O)c2C)ccc(O)c1C. The Labute approximate surface area is 137 Å². The van der Waals surface area contributed by atoms with Gasteiger partial charge in [-0.25, -0.2) is 0 Å². The molecule has 0 heterocycles. The van der Waals surface area contributed by atoms with Crippen LogP contribution in [0.15, 0.2) is 24.3 Å². The zero-order chi connectivity index (χ0) is 17.3. The number of hydrogen-bond acceptors (Lipinski definition) is 4. The van der Waals surface area contributed by atoms with E-state index in [-0.39, 0.29) is 28.4 Å². The molecule has 5 nitrogen and oxygen atoms in total. The molecule has 0 aromatic heterocycles. The minimum absolute atomic E-state index is 0.0253. The van der Waals surface area contributed by atoms with E-state index in [0.717, 1.165) is 0 Å². The lowest BCUT2D eigenvalue weighted by molar-refractivity contribution is 0.102. The third-order valence-corrected chi connectivity index (χ3v) is 3.72. The Kier molecular flexibility index (Phi) is 4.64. The summed E-state index contributed by atoms with van der Waals surface area (Å²) in [4.78, 5) is 12.4. The minimum atomic E-state index is -0.883. The number of anilines is 1. The van der Waals surface area contributed by atoms with Crippen LogP contribution >= 0.6 is 0 Å². The van der Waals surface area contributed by atoms with Gasteiger partial charge in [-0.05, 0) is 43.7 Å². The summed E-state index contributed by atoms with van der Waals surface area (Å²) in [5.74, 6) is -1.12. The summed E-state index contributed by atoms with van der Waals surface area (Å²) in [7, 11) is 11.4. The molecule has 0 aliphatic heterocycles. The number of phenols is 3. The molecule has 0 saturated carbocycles. The van der Waals surface area contributed by atoms with E-state index in [4.69, 9.17) is 15.5 Å². The molecule has 0 aliphatic rings. The average molecular weight is 305 g/mol. The maximum atomic E-state index is 12.4. The molecule has 0 unspecified atom stereocenters. The number of carbonyl (C=O) groups is 1. The Bertz CT molecular complexity index is 778. The van der Waals surface area contributed by atoms with E-state index in [1.165, 1.54) is 31.2 Å². The van der Waals surface area contributed by atoms with Gasteiger partial charge in [0.1, 0.15) is 5.75 Å². The van der Waals surface area contributed by atoms with E-state index in [0.29, 0.717) is 16.7 Å². The Balaban J connectivity index is 2.42. The number of aromatic hydroxyl groups is 3. The van der Waals surface area contributed by atoms with Gasteiger partial charge in [0.25, 0.3) is 5.91 Å². The van der Waals surface area contributed by atoms with Crippen molar-refractivity contribution in [3.63, 3.8) is 0 Å². The standard InChI is InChI=1S/C15H14B3NO4/c1-7-9(3-5-12(21)14(7)22)15(23)19-10-4-6-11(20)8(2)13(10)18(16)17/h3-6,20-22H,1-2H3,(H,19,23). The van der Waals surface area contributed by atoms with E-state index >= 15 is 0 Å². The van der Waals surface area contributed by atoms with E-state index in [2.05, 4.69) is 5.32 Å². The fraction of sp³-hybridized carbons (Fsp3) is 0.133. The minimum Gasteiger partial charge on any atom is -0.508 e. The monoisotopic (exact) mass is 305 g/mol. The molecule has 0 saturated heterocycles. The van der Waals surface area contributed by atoms with E-state index in [1.807, 2.05) is 0 Å². The summed E-state index contributed by atoms with van der Waals surface area (Å²) < 4.78 is 0. The van der Waals surface area contributed by atoms with Crippen LogP contribution in [0.1, 0.15) is 21.5 Å². The average Bonchev–Trinajstić information content (AvgIpc) is 2.48. The molecule has 1 amide bonds. The van der Waals surface area contributed by atoms with E-state index in [1.54, 1.807) is 6.92 Å². The van der Waals surface area contributed by atoms with E-state index in [9.17, 15) is 20.1 Å². The number of amides is 1. The highest BCUT2D eigenvalue weighted by atomic mass is 16.3. The predicted molar refractivity (Wildman–Crippen MR) is 92.2 cm³/mol. The third kappa shape index (κ3) is 3.16. The van der Waals surface area contributed by atoms with E-state index < -0.39 is 12.4 Å². The molecule has 23 heavy (non-hydrogen) atoms. The molecule has 8 heteroatoms. The lowest BCUT2D eigenvalue weighted by Crippen LogP contribution is -2.37. The maximum absolute atomic E-state index is 12.4. The summed E-state index contributed by atoms with van der Waals surface area (Å²) in [6.45, 7) is 2.28. The van der Waals surface area contributed by atoms with Gasteiger partial charge in [-0.3, -0.25) is 4.79 Å². The summed E-state index contributed by atoms with van der Waals surface area (Å²) in [6, 6.07) is 5.56. The van der Waals surface area contributed by atoms with Crippen LogP contribution in [-0.4, -0.2) is 43.2 Å². The molecule has 4 radical (unpaired) electrons. The predicted octanol–water partition coefficient (Wildman–Crippen LogP) is 0.705. The van der Waals surface area contributed by atoms with Crippen LogP contribution in [0.2, 0.25) is 0 Å². The second-order valence-electron chi connectivity index (χ2n) is 5.26. The summed E-state index contributed by atoms with van der Waals surface area (Å²) in [5, 5.41) is 31.6. The Hall–Kier alpha value is -2.50. The Morgan fingerprint density at radius 1 is 1.00 bits per heavy atom. The molecule has 0 bridgehead atoms. The van der Waals surface area contributed by atoms with Crippen LogP contribution < -0.4 is 10.8 Å². The summed E-state index contributed by atoms with van der Waals surface area (Å²) in [6.07, 6.45) is 0. The lowest BCUT2D eigenvalue weighted by atomic mass is 9.16. The second-order valence-corrected chi connectivity index (χ2v) is 5.26. The van der Waals surface area contributed by atoms with Gasteiger partial charge in [0.15, 0.2) is 11.5 Å². The highest BCUT2D eigenvalue weighted by Gasteiger charge is 2.18. The molecule has 4 N–H and O–H groups in total. The van der Waals surface area contributed by atoms with Crippen molar-refractivity contribution in [1.82, 2.24) is 0 Å². The Morgan fingerprint density at radius 2 is 1.61 bits per heavy atom. The van der Waals surface area contributed by atoms with Gasteiger partial charge in [-0.2, -0.15) is 0 Å². The van der Waals surface area contributed by atoms with Crippen molar-refractivity contribution in [2.45, 2.75) is 13.8 Å². The van der Waals surface area contributed by atoms with Gasteiger partial charge < -0.3 is 20.6 Å². The molecular formula is C15H14B3NO4. The number of rotatable bonds is 3. The highest BCUT2D eigenvalue weighted by molar-refractivity contribution is 7.35. The van der Waals surface area contributed by atoms with Crippen molar-refractivity contribution in [2.75, 3.05) is 5.32 Å². The molecule has 2 aromatic rings. The quantitative estimate of drug-likeness (QED) is 0.382. The first-order valence-corrected chi connectivity index (χ1v) is 6.90. The van der Waals surface area contributed by atoms with Crippen LogP contribution in [0, 0.1) is 13.8 Å². The fourth-order valence-corrected chi connectivity index (χ4v) is 2.38. The first-order chi connectivity index (χ1) is 10.7. The second kappa shape index (κ2) is 6.32. The normalized spacial score (nSPS) is 10.3. The molecule has 0 fully saturated rings. The molecule has 0 spiro atoms.